The molecule has 0 aliphatic rings. The van der Waals surface area contributed by atoms with Crippen LogP contribution < -0.4 is 0 Å². The van der Waals surface area contributed by atoms with Gasteiger partial charge in [0.2, 0.25) is 0 Å². The lowest BCUT2D eigenvalue weighted by Gasteiger charge is -2.06. The van der Waals surface area contributed by atoms with Crippen molar-refractivity contribution in [1.29, 1.82) is 0 Å². The maximum absolute atomic E-state index is 11.0. The van der Waals surface area contributed by atoms with E-state index in [1.807, 2.05) is 24.3 Å². The standard InChI is InChI=1S/C13H8BrN3O2/c14-9-4-2-1-3-8(9)11-5-6-15-12-7-10(13(18)19)16-17(11)12/h1-7H,(H,18,19). The number of halogens is 1. The molecule has 0 fully saturated rings. The first-order valence-electron chi connectivity index (χ1n) is 5.50. The summed E-state index contributed by atoms with van der Waals surface area (Å²) in [6.07, 6.45) is 1.64. The molecule has 1 aromatic carbocycles. The Kier molecular flexibility index (Phi) is 2.79. The number of carboxylic acids is 1. The fourth-order valence-corrected chi connectivity index (χ4v) is 2.36. The van der Waals surface area contributed by atoms with Crippen LogP contribution in [0.15, 0.2) is 47.1 Å². The quantitative estimate of drug-likeness (QED) is 0.789. The normalized spacial score (nSPS) is 10.8. The summed E-state index contributed by atoms with van der Waals surface area (Å²) in [6, 6.07) is 10.9. The van der Waals surface area contributed by atoms with Crippen LogP contribution in [0.25, 0.3) is 16.9 Å². The van der Waals surface area contributed by atoms with Gasteiger partial charge in [0.1, 0.15) is 0 Å². The van der Waals surface area contributed by atoms with Crippen LogP contribution in [0.3, 0.4) is 0 Å². The second-order valence-corrected chi connectivity index (χ2v) is 4.77. The van der Waals surface area contributed by atoms with Gasteiger partial charge < -0.3 is 5.11 Å². The first-order valence-corrected chi connectivity index (χ1v) is 6.29. The van der Waals surface area contributed by atoms with E-state index in [9.17, 15) is 4.79 Å². The van der Waals surface area contributed by atoms with Crippen LogP contribution in [0.2, 0.25) is 0 Å². The van der Waals surface area contributed by atoms with Gasteiger partial charge in [0.25, 0.3) is 0 Å². The Labute approximate surface area is 116 Å². The average Bonchev–Trinajstić information content (AvgIpc) is 2.83. The molecule has 1 N–H and O–H groups in total. The van der Waals surface area contributed by atoms with Gasteiger partial charge in [-0.3, -0.25) is 0 Å². The largest absolute Gasteiger partial charge is 0.476 e. The molecule has 0 unspecified atom stereocenters. The maximum Gasteiger partial charge on any atom is 0.356 e. The van der Waals surface area contributed by atoms with Gasteiger partial charge in [-0.1, -0.05) is 34.1 Å². The minimum absolute atomic E-state index is 0.0213. The summed E-state index contributed by atoms with van der Waals surface area (Å²) in [5.41, 5.74) is 2.19. The van der Waals surface area contributed by atoms with Crippen LogP contribution in [-0.4, -0.2) is 25.7 Å². The fourth-order valence-electron chi connectivity index (χ4n) is 1.87. The van der Waals surface area contributed by atoms with Crippen LogP contribution in [0.5, 0.6) is 0 Å². The molecular weight excluding hydrogens is 310 g/mol. The third-order valence-electron chi connectivity index (χ3n) is 2.73. The van der Waals surface area contributed by atoms with Crippen molar-refractivity contribution in [3.8, 4) is 11.3 Å². The lowest BCUT2D eigenvalue weighted by Crippen LogP contribution is -2.00. The molecule has 0 spiro atoms. The minimum Gasteiger partial charge on any atom is -0.476 e. The molecule has 0 bridgehead atoms. The molecule has 0 aliphatic carbocycles. The van der Waals surface area contributed by atoms with Gasteiger partial charge in [0, 0.05) is 22.3 Å². The number of fused-ring (bicyclic) bond motifs is 1. The summed E-state index contributed by atoms with van der Waals surface area (Å²) in [5, 5.41) is 13.1. The van der Waals surface area contributed by atoms with Gasteiger partial charge >= 0.3 is 5.97 Å². The van der Waals surface area contributed by atoms with Crippen molar-refractivity contribution < 1.29 is 9.90 Å². The molecule has 94 valence electrons. The average molecular weight is 318 g/mol. The van der Waals surface area contributed by atoms with Gasteiger partial charge in [-0.25, -0.2) is 14.3 Å². The van der Waals surface area contributed by atoms with Crippen LogP contribution in [0, 0.1) is 0 Å². The first-order chi connectivity index (χ1) is 9.16. The molecule has 3 rings (SSSR count). The molecule has 19 heavy (non-hydrogen) atoms. The Morgan fingerprint density at radius 2 is 2.05 bits per heavy atom. The highest BCUT2D eigenvalue weighted by molar-refractivity contribution is 9.10. The number of aromatic carboxylic acids is 1. The highest BCUT2D eigenvalue weighted by atomic mass is 79.9. The molecule has 0 aliphatic heterocycles. The summed E-state index contributed by atoms with van der Waals surface area (Å²) in [7, 11) is 0. The zero-order chi connectivity index (χ0) is 13.4. The molecule has 0 saturated carbocycles. The molecule has 0 amide bonds. The van der Waals surface area contributed by atoms with Gasteiger partial charge in [0.15, 0.2) is 11.3 Å². The lowest BCUT2D eigenvalue weighted by molar-refractivity contribution is 0.0690. The highest BCUT2D eigenvalue weighted by Crippen LogP contribution is 2.27. The van der Waals surface area contributed by atoms with E-state index in [0.29, 0.717) is 5.65 Å². The van der Waals surface area contributed by atoms with Gasteiger partial charge in [0.05, 0.1) is 5.69 Å². The number of carboxylic acid groups (broad SMARTS) is 1. The molecular formula is C13H8BrN3O2. The molecule has 5 nitrogen and oxygen atoms in total. The zero-order valence-corrected chi connectivity index (χ0v) is 11.2. The van der Waals surface area contributed by atoms with E-state index >= 15 is 0 Å². The van der Waals surface area contributed by atoms with E-state index in [4.69, 9.17) is 5.11 Å². The van der Waals surface area contributed by atoms with E-state index < -0.39 is 5.97 Å². The second kappa shape index (κ2) is 4.47. The van der Waals surface area contributed by atoms with E-state index in [2.05, 4.69) is 26.0 Å². The van der Waals surface area contributed by atoms with E-state index in [-0.39, 0.29) is 5.69 Å². The predicted octanol–water partition coefficient (Wildman–Crippen LogP) is 2.86. The Bertz CT molecular complexity index is 782. The Morgan fingerprint density at radius 1 is 1.26 bits per heavy atom. The van der Waals surface area contributed by atoms with Crippen molar-refractivity contribution in [3.05, 3.63) is 52.8 Å². The Morgan fingerprint density at radius 3 is 2.79 bits per heavy atom. The van der Waals surface area contributed by atoms with Gasteiger partial charge in [-0.05, 0) is 12.1 Å². The van der Waals surface area contributed by atoms with Crippen molar-refractivity contribution >= 4 is 27.5 Å². The van der Waals surface area contributed by atoms with Crippen molar-refractivity contribution in [2.24, 2.45) is 0 Å². The molecule has 0 atom stereocenters. The summed E-state index contributed by atoms with van der Waals surface area (Å²) < 4.78 is 2.44. The van der Waals surface area contributed by atoms with E-state index in [0.717, 1.165) is 15.7 Å². The number of hydrogen-bond donors (Lipinski definition) is 1. The molecule has 2 heterocycles. The van der Waals surface area contributed by atoms with Crippen LogP contribution in [0.1, 0.15) is 10.5 Å². The van der Waals surface area contributed by atoms with Crippen LogP contribution >= 0.6 is 15.9 Å². The lowest BCUT2D eigenvalue weighted by atomic mass is 10.1. The number of nitrogens with zero attached hydrogens (tertiary/aromatic N) is 3. The van der Waals surface area contributed by atoms with Crippen LogP contribution in [-0.2, 0) is 0 Å². The molecule has 2 aromatic heterocycles. The summed E-state index contributed by atoms with van der Waals surface area (Å²) in [4.78, 5) is 15.1. The van der Waals surface area contributed by atoms with E-state index in [1.165, 1.54) is 10.6 Å². The Balaban J connectivity index is 2.30. The van der Waals surface area contributed by atoms with Crippen LogP contribution in [0.4, 0.5) is 0 Å². The third kappa shape index (κ3) is 2.00. The van der Waals surface area contributed by atoms with Crippen molar-refractivity contribution in [1.82, 2.24) is 14.6 Å². The maximum atomic E-state index is 11.0. The minimum atomic E-state index is -1.07. The SMILES string of the molecule is O=C(O)c1cc2nccc(-c3ccccc3Br)n2n1. The van der Waals surface area contributed by atoms with Crippen molar-refractivity contribution in [2.75, 3.05) is 0 Å². The first kappa shape index (κ1) is 11.9. The second-order valence-electron chi connectivity index (χ2n) is 3.91. The van der Waals surface area contributed by atoms with Gasteiger partial charge in [-0.2, -0.15) is 5.10 Å². The summed E-state index contributed by atoms with van der Waals surface area (Å²) >= 11 is 3.48. The monoisotopic (exact) mass is 317 g/mol. The zero-order valence-electron chi connectivity index (χ0n) is 9.62. The molecule has 0 saturated heterocycles. The topological polar surface area (TPSA) is 67.5 Å². The van der Waals surface area contributed by atoms with E-state index in [1.54, 1.807) is 12.3 Å². The molecule has 6 heteroatoms. The molecule has 3 aromatic rings. The van der Waals surface area contributed by atoms with Gasteiger partial charge in [-0.15, -0.1) is 0 Å². The van der Waals surface area contributed by atoms with Crippen molar-refractivity contribution in [3.63, 3.8) is 0 Å². The van der Waals surface area contributed by atoms with Crippen molar-refractivity contribution in [2.45, 2.75) is 0 Å². The summed E-state index contributed by atoms with van der Waals surface area (Å²) in [6.45, 7) is 0. The summed E-state index contributed by atoms with van der Waals surface area (Å²) in [5.74, 6) is -1.07. The highest BCUT2D eigenvalue weighted by Gasteiger charge is 2.13. The number of carbonyl (C=O) groups is 1. The predicted molar refractivity (Wildman–Crippen MR) is 73.1 cm³/mol. The number of aromatic nitrogens is 3. The smallest absolute Gasteiger partial charge is 0.356 e. The number of rotatable bonds is 2. The Hall–Kier alpha value is -2.21. The number of benzene rings is 1. The fraction of sp³-hybridized carbons (Fsp3) is 0. The number of hydrogen-bond acceptors (Lipinski definition) is 3. The third-order valence-corrected chi connectivity index (χ3v) is 3.42. The molecule has 0 radical (unpaired) electrons.